The van der Waals surface area contributed by atoms with Crippen LogP contribution in [0.1, 0.15) is 49.0 Å². The molecule has 3 nitrogen and oxygen atoms in total. The summed E-state index contributed by atoms with van der Waals surface area (Å²) in [5, 5.41) is 3.46. The van der Waals surface area contributed by atoms with Crippen molar-refractivity contribution in [2.75, 3.05) is 13.1 Å². The van der Waals surface area contributed by atoms with Crippen molar-refractivity contribution >= 4 is 0 Å². The lowest BCUT2D eigenvalue weighted by Crippen LogP contribution is -2.29. The molecule has 0 aromatic carbocycles. The SMILES string of the molecule is Cn1cc(C2CC2)nc1C1CCCNC1. The van der Waals surface area contributed by atoms with Crippen LogP contribution in [0.4, 0.5) is 0 Å². The van der Waals surface area contributed by atoms with Crippen LogP contribution in [0.15, 0.2) is 6.20 Å². The lowest BCUT2D eigenvalue weighted by atomic mass is 9.99. The van der Waals surface area contributed by atoms with Gasteiger partial charge in [0.1, 0.15) is 5.82 Å². The maximum Gasteiger partial charge on any atom is 0.113 e. The number of hydrogen-bond donors (Lipinski definition) is 1. The number of nitrogens with zero attached hydrogens (tertiary/aromatic N) is 2. The average Bonchev–Trinajstić information content (AvgIpc) is 3.04. The fourth-order valence-corrected chi connectivity index (χ4v) is 2.53. The number of hydrogen-bond acceptors (Lipinski definition) is 2. The van der Waals surface area contributed by atoms with E-state index < -0.39 is 0 Å². The molecule has 1 aromatic rings. The second-order valence-corrected chi connectivity index (χ2v) is 4.95. The minimum Gasteiger partial charge on any atom is -0.337 e. The summed E-state index contributed by atoms with van der Waals surface area (Å²) in [6.07, 6.45) is 7.51. The van der Waals surface area contributed by atoms with Gasteiger partial charge in [-0.1, -0.05) is 0 Å². The van der Waals surface area contributed by atoms with Gasteiger partial charge in [-0.25, -0.2) is 4.98 Å². The Bertz CT molecular complexity index is 346. The molecule has 1 atom stereocenters. The predicted molar refractivity (Wildman–Crippen MR) is 60.0 cm³/mol. The number of nitrogens with one attached hydrogen (secondary N) is 1. The molecular weight excluding hydrogens is 186 g/mol. The fourth-order valence-electron chi connectivity index (χ4n) is 2.53. The molecular formula is C12H19N3. The Morgan fingerprint density at radius 3 is 2.87 bits per heavy atom. The van der Waals surface area contributed by atoms with Crippen molar-refractivity contribution in [3.63, 3.8) is 0 Å². The fraction of sp³-hybridized carbons (Fsp3) is 0.750. The molecule has 0 bridgehead atoms. The van der Waals surface area contributed by atoms with Crippen LogP contribution in [0.2, 0.25) is 0 Å². The van der Waals surface area contributed by atoms with Crippen molar-refractivity contribution in [2.45, 2.75) is 37.5 Å². The van der Waals surface area contributed by atoms with Crippen LogP contribution in [0.3, 0.4) is 0 Å². The molecule has 1 N–H and O–H groups in total. The zero-order chi connectivity index (χ0) is 10.3. The first-order valence-electron chi connectivity index (χ1n) is 6.08. The van der Waals surface area contributed by atoms with Gasteiger partial charge in [-0.05, 0) is 32.2 Å². The second kappa shape index (κ2) is 3.63. The van der Waals surface area contributed by atoms with Gasteiger partial charge in [0, 0.05) is 31.6 Å². The zero-order valence-corrected chi connectivity index (χ0v) is 9.37. The zero-order valence-electron chi connectivity index (χ0n) is 9.37. The van der Waals surface area contributed by atoms with Gasteiger partial charge >= 0.3 is 0 Å². The van der Waals surface area contributed by atoms with Crippen LogP contribution >= 0.6 is 0 Å². The third-order valence-electron chi connectivity index (χ3n) is 3.59. The Labute approximate surface area is 90.9 Å². The van der Waals surface area contributed by atoms with Crippen molar-refractivity contribution in [1.29, 1.82) is 0 Å². The summed E-state index contributed by atoms with van der Waals surface area (Å²) in [5.41, 5.74) is 1.33. The molecule has 1 saturated heterocycles. The van der Waals surface area contributed by atoms with Gasteiger partial charge < -0.3 is 9.88 Å². The highest BCUT2D eigenvalue weighted by Crippen LogP contribution is 2.40. The topological polar surface area (TPSA) is 29.9 Å². The molecule has 82 valence electrons. The van der Waals surface area contributed by atoms with E-state index in [0.717, 1.165) is 12.5 Å². The normalized spacial score (nSPS) is 26.9. The maximum absolute atomic E-state index is 4.82. The van der Waals surface area contributed by atoms with Gasteiger partial charge in [-0.2, -0.15) is 0 Å². The third-order valence-corrected chi connectivity index (χ3v) is 3.59. The highest BCUT2D eigenvalue weighted by molar-refractivity contribution is 5.17. The first-order valence-corrected chi connectivity index (χ1v) is 6.08. The Balaban J connectivity index is 1.82. The minimum atomic E-state index is 0.635. The molecule has 2 aliphatic rings. The van der Waals surface area contributed by atoms with E-state index in [1.807, 2.05) is 0 Å². The monoisotopic (exact) mass is 205 g/mol. The van der Waals surface area contributed by atoms with Crippen LogP contribution < -0.4 is 5.32 Å². The number of piperidine rings is 1. The Morgan fingerprint density at radius 2 is 2.20 bits per heavy atom. The molecule has 15 heavy (non-hydrogen) atoms. The van der Waals surface area contributed by atoms with Gasteiger partial charge in [-0.3, -0.25) is 0 Å². The van der Waals surface area contributed by atoms with Crippen molar-refractivity contribution in [3.05, 3.63) is 17.7 Å². The smallest absolute Gasteiger partial charge is 0.113 e. The van der Waals surface area contributed by atoms with Gasteiger partial charge in [0.25, 0.3) is 0 Å². The highest BCUT2D eigenvalue weighted by atomic mass is 15.1. The number of aromatic nitrogens is 2. The quantitative estimate of drug-likeness (QED) is 0.797. The number of rotatable bonds is 2. The summed E-state index contributed by atoms with van der Waals surface area (Å²) < 4.78 is 2.24. The van der Waals surface area contributed by atoms with Crippen molar-refractivity contribution in [2.24, 2.45) is 7.05 Å². The molecule has 2 heterocycles. The van der Waals surface area contributed by atoms with Gasteiger partial charge in [-0.15, -0.1) is 0 Å². The van der Waals surface area contributed by atoms with Crippen LogP contribution in [-0.2, 0) is 7.05 Å². The molecule has 0 spiro atoms. The summed E-state index contributed by atoms with van der Waals surface area (Å²) in [6.45, 7) is 2.28. The molecule has 1 unspecified atom stereocenters. The second-order valence-electron chi connectivity index (χ2n) is 4.95. The van der Waals surface area contributed by atoms with E-state index >= 15 is 0 Å². The van der Waals surface area contributed by atoms with Crippen molar-refractivity contribution in [3.8, 4) is 0 Å². The average molecular weight is 205 g/mol. The lowest BCUT2D eigenvalue weighted by molar-refractivity contribution is 0.439. The van der Waals surface area contributed by atoms with E-state index in [9.17, 15) is 0 Å². The highest BCUT2D eigenvalue weighted by Gasteiger charge is 2.28. The molecule has 1 aromatic heterocycles. The van der Waals surface area contributed by atoms with E-state index in [4.69, 9.17) is 4.98 Å². The number of aryl methyl sites for hydroxylation is 1. The van der Waals surface area contributed by atoms with Gasteiger partial charge in [0.05, 0.1) is 5.69 Å². The van der Waals surface area contributed by atoms with E-state index in [1.165, 1.54) is 43.7 Å². The van der Waals surface area contributed by atoms with Gasteiger partial charge in [0.15, 0.2) is 0 Å². The van der Waals surface area contributed by atoms with E-state index in [1.54, 1.807) is 0 Å². The van der Waals surface area contributed by atoms with Crippen molar-refractivity contribution < 1.29 is 0 Å². The molecule has 1 aliphatic carbocycles. The van der Waals surface area contributed by atoms with Crippen LogP contribution in [-0.4, -0.2) is 22.6 Å². The summed E-state index contributed by atoms with van der Waals surface area (Å²) in [7, 11) is 2.14. The van der Waals surface area contributed by atoms with E-state index in [2.05, 4.69) is 23.1 Å². The van der Waals surface area contributed by atoms with Crippen LogP contribution in [0, 0.1) is 0 Å². The molecule has 3 rings (SSSR count). The Hall–Kier alpha value is -0.830. The predicted octanol–water partition coefficient (Wildman–Crippen LogP) is 1.76. The van der Waals surface area contributed by atoms with E-state index in [0.29, 0.717) is 5.92 Å². The molecule has 0 amide bonds. The van der Waals surface area contributed by atoms with Crippen molar-refractivity contribution in [1.82, 2.24) is 14.9 Å². The van der Waals surface area contributed by atoms with Crippen LogP contribution in [0.5, 0.6) is 0 Å². The Morgan fingerprint density at radius 1 is 1.33 bits per heavy atom. The number of imidazole rings is 1. The molecule has 3 heteroatoms. The maximum atomic E-state index is 4.82. The summed E-state index contributed by atoms with van der Waals surface area (Å²) in [5.74, 6) is 2.71. The Kier molecular flexibility index (Phi) is 2.28. The van der Waals surface area contributed by atoms with Gasteiger partial charge in [0.2, 0.25) is 0 Å². The standard InChI is InChI=1S/C12H19N3/c1-15-8-11(9-4-5-9)14-12(15)10-3-2-6-13-7-10/h8-10,13H,2-7H2,1H3. The first kappa shape index (κ1) is 9.40. The summed E-state index contributed by atoms with van der Waals surface area (Å²) >= 11 is 0. The van der Waals surface area contributed by atoms with E-state index in [-0.39, 0.29) is 0 Å². The molecule has 2 fully saturated rings. The summed E-state index contributed by atoms with van der Waals surface area (Å²) in [4.78, 5) is 4.82. The molecule has 0 radical (unpaired) electrons. The third kappa shape index (κ3) is 1.81. The molecule has 1 aliphatic heterocycles. The first-order chi connectivity index (χ1) is 7.34. The minimum absolute atomic E-state index is 0.635. The molecule has 1 saturated carbocycles. The lowest BCUT2D eigenvalue weighted by Gasteiger charge is -2.22. The largest absolute Gasteiger partial charge is 0.337 e. The van der Waals surface area contributed by atoms with Crippen LogP contribution in [0.25, 0.3) is 0 Å². The summed E-state index contributed by atoms with van der Waals surface area (Å²) in [6, 6.07) is 0.